The maximum atomic E-state index is 11.4. The van der Waals surface area contributed by atoms with Gasteiger partial charge in [-0.05, 0) is 17.4 Å². The number of ether oxygens (including phenoxy) is 1. The molecule has 0 unspecified atom stereocenters. The Balaban J connectivity index is 1.65. The molecule has 7 heteroatoms. The Morgan fingerprint density at radius 2 is 2.30 bits per heavy atom. The maximum Gasteiger partial charge on any atom is 0.209 e. The van der Waals surface area contributed by atoms with Crippen molar-refractivity contribution in [2.24, 2.45) is 11.8 Å². The van der Waals surface area contributed by atoms with Gasteiger partial charge in [-0.3, -0.25) is 4.90 Å². The van der Waals surface area contributed by atoms with E-state index in [0.717, 1.165) is 26.2 Å². The quantitative estimate of drug-likeness (QED) is 0.890. The number of thiophene rings is 1. The van der Waals surface area contributed by atoms with Crippen LogP contribution < -0.4 is 4.72 Å². The number of likely N-dealkylation sites (tertiary alicyclic amines) is 1. The van der Waals surface area contributed by atoms with Crippen molar-refractivity contribution in [2.75, 3.05) is 32.6 Å². The minimum atomic E-state index is -3.18. The average molecular weight is 316 g/mol. The fraction of sp³-hybridized carbons (Fsp3) is 0.692. The van der Waals surface area contributed by atoms with Crippen molar-refractivity contribution >= 4 is 21.4 Å². The molecule has 1 aromatic heterocycles. The zero-order valence-electron chi connectivity index (χ0n) is 11.5. The van der Waals surface area contributed by atoms with Crippen molar-refractivity contribution in [1.29, 1.82) is 0 Å². The highest BCUT2D eigenvalue weighted by Crippen LogP contribution is 2.31. The van der Waals surface area contributed by atoms with Gasteiger partial charge in [0, 0.05) is 36.5 Å². The number of nitrogens with zero attached hydrogens (tertiary/aromatic N) is 1. The van der Waals surface area contributed by atoms with Crippen LogP contribution in [0, 0.1) is 11.8 Å². The molecule has 0 aromatic carbocycles. The molecule has 2 fully saturated rings. The van der Waals surface area contributed by atoms with Gasteiger partial charge in [-0.25, -0.2) is 13.1 Å². The number of hydrogen-bond acceptors (Lipinski definition) is 5. The van der Waals surface area contributed by atoms with Crippen LogP contribution in [0.3, 0.4) is 0 Å². The van der Waals surface area contributed by atoms with Crippen LogP contribution in [0.15, 0.2) is 17.5 Å². The van der Waals surface area contributed by atoms with Crippen molar-refractivity contribution in [3.63, 3.8) is 0 Å². The summed E-state index contributed by atoms with van der Waals surface area (Å²) in [5.74, 6) is 0.793. The summed E-state index contributed by atoms with van der Waals surface area (Å²) in [5, 5.41) is 2.09. The van der Waals surface area contributed by atoms with Crippen LogP contribution in [0.25, 0.3) is 0 Å². The molecule has 0 radical (unpaired) electrons. The van der Waals surface area contributed by atoms with E-state index in [2.05, 4.69) is 27.1 Å². The third kappa shape index (κ3) is 3.40. The molecule has 3 atom stereocenters. The Morgan fingerprint density at radius 1 is 1.45 bits per heavy atom. The van der Waals surface area contributed by atoms with Crippen LogP contribution in [0.5, 0.6) is 0 Å². The van der Waals surface area contributed by atoms with E-state index in [4.69, 9.17) is 4.74 Å². The highest BCUT2D eigenvalue weighted by atomic mass is 32.2. The van der Waals surface area contributed by atoms with Crippen LogP contribution in [-0.4, -0.2) is 51.9 Å². The molecule has 5 nitrogen and oxygen atoms in total. The Morgan fingerprint density at radius 3 is 3.00 bits per heavy atom. The Hall–Kier alpha value is -0.470. The number of rotatable bonds is 4. The lowest BCUT2D eigenvalue weighted by molar-refractivity contribution is 0.0164. The van der Waals surface area contributed by atoms with Gasteiger partial charge >= 0.3 is 0 Å². The largest absolute Gasteiger partial charge is 0.379 e. The van der Waals surface area contributed by atoms with E-state index in [1.54, 1.807) is 11.3 Å². The second-order valence-electron chi connectivity index (χ2n) is 5.73. The first-order valence-electron chi connectivity index (χ1n) is 6.81. The van der Waals surface area contributed by atoms with E-state index < -0.39 is 10.0 Å². The molecule has 2 saturated heterocycles. The number of sulfonamides is 1. The molecule has 1 N–H and O–H groups in total. The summed E-state index contributed by atoms with van der Waals surface area (Å²) in [6.07, 6.45) is 1.22. The summed E-state index contributed by atoms with van der Waals surface area (Å²) in [6.45, 7) is 4.12. The van der Waals surface area contributed by atoms with Gasteiger partial charge in [0.05, 0.1) is 19.5 Å². The van der Waals surface area contributed by atoms with E-state index >= 15 is 0 Å². The van der Waals surface area contributed by atoms with E-state index in [9.17, 15) is 8.42 Å². The van der Waals surface area contributed by atoms with Gasteiger partial charge in [0.1, 0.15) is 0 Å². The molecule has 0 saturated carbocycles. The van der Waals surface area contributed by atoms with Gasteiger partial charge in [0.2, 0.25) is 10.0 Å². The molecule has 2 aliphatic rings. The summed E-state index contributed by atoms with van der Waals surface area (Å²) >= 11 is 1.77. The molecule has 2 aliphatic heterocycles. The lowest BCUT2D eigenvalue weighted by Crippen LogP contribution is -2.49. The molecule has 0 spiro atoms. The van der Waals surface area contributed by atoms with Crippen LogP contribution in [0.1, 0.15) is 4.88 Å². The Kier molecular flexibility index (Phi) is 4.14. The van der Waals surface area contributed by atoms with Crippen LogP contribution in [-0.2, 0) is 21.3 Å². The second kappa shape index (κ2) is 5.73. The summed E-state index contributed by atoms with van der Waals surface area (Å²) < 4.78 is 31.2. The van der Waals surface area contributed by atoms with Crippen molar-refractivity contribution in [3.05, 3.63) is 22.4 Å². The predicted octanol–water partition coefficient (Wildman–Crippen LogP) is 0.744. The fourth-order valence-corrected chi connectivity index (χ4v) is 4.78. The molecular formula is C13H20N2O3S2. The minimum absolute atomic E-state index is 0.0860. The first-order chi connectivity index (χ1) is 9.51. The smallest absolute Gasteiger partial charge is 0.209 e. The van der Waals surface area contributed by atoms with Crippen LogP contribution >= 0.6 is 11.3 Å². The fourth-order valence-electron chi connectivity index (χ4n) is 3.24. The average Bonchev–Trinajstić information content (AvgIpc) is 2.97. The topological polar surface area (TPSA) is 58.6 Å². The van der Waals surface area contributed by atoms with Gasteiger partial charge in [-0.1, -0.05) is 6.07 Å². The monoisotopic (exact) mass is 316 g/mol. The zero-order valence-corrected chi connectivity index (χ0v) is 13.1. The van der Waals surface area contributed by atoms with Crippen molar-refractivity contribution in [3.8, 4) is 0 Å². The number of nitrogens with one attached hydrogen (secondary N) is 1. The van der Waals surface area contributed by atoms with E-state index in [-0.39, 0.29) is 6.04 Å². The van der Waals surface area contributed by atoms with Crippen LogP contribution in [0.2, 0.25) is 0 Å². The maximum absolute atomic E-state index is 11.4. The first-order valence-corrected chi connectivity index (χ1v) is 9.58. The Bertz CT molecular complexity index is 544. The van der Waals surface area contributed by atoms with E-state index in [1.807, 2.05) is 0 Å². The third-order valence-corrected chi connectivity index (χ3v) is 5.63. The number of fused-ring (bicyclic) bond motifs is 1. The lowest BCUT2D eigenvalue weighted by Gasteiger charge is -2.32. The summed E-state index contributed by atoms with van der Waals surface area (Å²) in [7, 11) is -3.18. The van der Waals surface area contributed by atoms with Gasteiger partial charge in [-0.2, -0.15) is 0 Å². The highest BCUT2D eigenvalue weighted by Gasteiger charge is 2.41. The zero-order chi connectivity index (χ0) is 14.2. The third-order valence-electron chi connectivity index (χ3n) is 4.04. The van der Waals surface area contributed by atoms with Gasteiger partial charge in [-0.15, -0.1) is 11.3 Å². The number of hydrogen-bond donors (Lipinski definition) is 1. The van der Waals surface area contributed by atoms with Crippen molar-refractivity contribution in [1.82, 2.24) is 9.62 Å². The predicted molar refractivity (Wildman–Crippen MR) is 79.2 cm³/mol. The van der Waals surface area contributed by atoms with Crippen LogP contribution in [0.4, 0.5) is 0 Å². The standard InChI is InChI=1S/C13H20N2O3S2/c1-20(16,17)14-13-9-18-8-10-5-15(7-12(10)13)6-11-3-2-4-19-11/h2-4,10,12-14H,5-9H2,1H3/t10-,12-,13-/m1/s1. The summed E-state index contributed by atoms with van der Waals surface area (Å²) in [5.41, 5.74) is 0. The SMILES string of the molecule is CS(=O)(=O)N[C@@H]1COC[C@H]2CN(Cc3cccs3)C[C@H]21. The van der Waals surface area contributed by atoms with Crippen molar-refractivity contribution < 1.29 is 13.2 Å². The second-order valence-corrected chi connectivity index (χ2v) is 8.54. The summed E-state index contributed by atoms with van der Waals surface area (Å²) in [4.78, 5) is 3.77. The van der Waals surface area contributed by atoms with Gasteiger partial charge in [0.15, 0.2) is 0 Å². The first kappa shape index (κ1) is 14.5. The summed E-state index contributed by atoms with van der Waals surface area (Å²) in [6, 6.07) is 4.13. The normalized spacial score (nSPS) is 31.4. The minimum Gasteiger partial charge on any atom is -0.379 e. The molecular weight excluding hydrogens is 296 g/mol. The Labute approximate surface area is 124 Å². The molecule has 112 valence electrons. The molecule has 0 bridgehead atoms. The molecule has 3 rings (SSSR count). The van der Waals surface area contributed by atoms with E-state index in [0.29, 0.717) is 18.4 Å². The lowest BCUT2D eigenvalue weighted by atomic mass is 9.88. The van der Waals surface area contributed by atoms with Gasteiger partial charge < -0.3 is 4.74 Å². The van der Waals surface area contributed by atoms with Gasteiger partial charge in [0.25, 0.3) is 0 Å². The molecule has 0 aliphatic carbocycles. The molecule has 0 amide bonds. The highest BCUT2D eigenvalue weighted by molar-refractivity contribution is 7.88. The molecule has 1 aromatic rings. The molecule has 20 heavy (non-hydrogen) atoms. The van der Waals surface area contributed by atoms with Crippen molar-refractivity contribution in [2.45, 2.75) is 12.6 Å². The van der Waals surface area contributed by atoms with E-state index in [1.165, 1.54) is 11.1 Å². The molecule has 3 heterocycles.